The number of nitriles is 1. The molecule has 1 aliphatic heterocycles. The third-order valence-electron chi connectivity index (χ3n) is 2.94. The fraction of sp³-hybridized carbons (Fsp3) is 0.417. The van der Waals surface area contributed by atoms with E-state index < -0.39 is 11.7 Å². The predicted molar refractivity (Wildman–Crippen MR) is 56.4 cm³/mol. The monoisotopic (exact) mass is 240 g/mol. The molecule has 1 saturated heterocycles. The lowest BCUT2D eigenvalue weighted by Crippen LogP contribution is -2.10. The number of halogens is 3. The van der Waals surface area contributed by atoms with Gasteiger partial charge in [-0.25, -0.2) is 0 Å². The number of rotatable bonds is 1. The fourth-order valence-electron chi connectivity index (χ4n) is 2.05. The molecule has 1 aliphatic rings. The summed E-state index contributed by atoms with van der Waals surface area (Å²) < 4.78 is 37.9. The van der Waals surface area contributed by atoms with Crippen LogP contribution in [0.2, 0.25) is 0 Å². The van der Waals surface area contributed by atoms with E-state index in [9.17, 15) is 13.2 Å². The summed E-state index contributed by atoms with van der Waals surface area (Å²) in [6, 6.07) is 5.38. The van der Waals surface area contributed by atoms with Crippen LogP contribution in [0.3, 0.4) is 0 Å². The summed E-state index contributed by atoms with van der Waals surface area (Å²) in [6.07, 6.45) is -3.58. The molecule has 2 nitrogen and oxygen atoms in total. The zero-order valence-corrected chi connectivity index (χ0v) is 9.01. The van der Waals surface area contributed by atoms with Crippen LogP contribution < -0.4 is 5.32 Å². The van der Waals surface area contributed by atoms with Gasteiger partial charge in [0.2, 0.25) is 0 Å². The third kappa shape index (κ3) is 2.59. The van der Waals surface area contributed by atoms with E-state index in [4.69, 9.17) is 5.26 Å². The molecule has 0 saturated carbocycles. The van der Waals surface area contributed by atoms with Crippen molar-refractivity contribution in [3.8, 4) is 6.07 Å². The molecule has 90 valence electrons. The maximum atomic E-state index is 12.6. The summed E-state index contributed by atoms with van der Waals surface area (Å²) in [7, 11) is 0. The number of hydrogen-bond acceptors (Lipinski definition) is 2. The Kier molecular flexibility index (Phi) is 3.07. The van der Waals surface area contributed by atoms with Crippen LogP contribution in [-0.4, -0.2) is 13.1 Å². The van der Waals surface area contributed by atoms with Gasteiger partial charge in [0.25, 0.3) is 0 Å². The molecule has 1 heterocycles. The summed E-state index contributed by atoms with van der Waals surface area (Å²) in [5.74, 6) is 0.0735. The highest BCUT2D eigenvalue weighted by molar-refractivity contribution is 5.40. The third-order valence-corrected chi connectivity index (χ3v) is 2.94. The molecule has 0 bridgehead atoms. The number of alkyl halides is 3. The highest BCUT2D eigenvalue weighted by Crippen LogP contribution is 2.33. The van der Waals surface area contributed by atoms with Gasteiger partial charge in [-0.1, -0.05) is 0 Å². The van der Waals surface area contributed by atoms with Crippen molar-refractivity contribution in [2.24, 2.45) is 0 Å². The normalized spacial score (nSPS) is 20.2. The van der Waals surface area contributed by atoms with E-state index in [1.165, 1.54) is 0 Å². The van der Waals surface area contributed by atoms with Crippen molar-refractivity contribution in [2.45, 2.75) is 18.5 Å². The Morgan fingerprint density at radius 1 is 1.29 bits per heavy atom. The van der Waals surface area contributed by atoms with Crippen molar-refractivity contribution in [2.75, 3.05) is 13.1 Å². The second-order valence-electron chi connectivity index (χ2n) is 4.14. The summed E-state index contributed by atoms with van der Waals surface area (Å²) in [5.41, 5.74) is -0.0680. The van der Waals surface area contributed by atoms with Gasteiger partial charge in [-0.05, 0) is 42.6 Å². The molecule has 5 heteroatoms. The van der Waals surface area contributed by atoms with Gasteiger partial charge in [-0.2, -0.15) is 18.4 Å². The van der Waals surface area contributed by atoms with Crippen molar-refractivity contribution in [3.63, 3.8) is 0 Å². The molecule has 0 spiro atoms. The lowest BCUT2D eigenvalue weighted by atomic mass is 9.94. The zero-order valence-electron chi connectivity index (χ0n) is 9.01. The molecule has 0 unspecified atom stereocenters. The van der Waals surface area contributed by atoms with Crippen LogP contribution in [0, 0.1) is 11.3 Å². The average molecular weight is 240 g/mol. The first-order chi connectivity index (χ1) is 8.00. The standard InChI is InChI=1S/C12H11F3N2/c13-12(14,15)11-4-8(6-16)3-10(5-11)9-1-2-17-7-9/h3-5,9,17H,1-2,7H2/t9-/m1/s1. The molecule has 0 aromatic heterocycles. The lowest BCUT2D eigenvalue weighted by Gasteiger charge is -2.13. The first-order valence-corrected chi connectivity index (χ1v) is 5.33. The SMILES string of the molecule is N#Cc1cc([C@@H]2CCNC2)cc(C(F)(F)F)c1. The molecule has 1 aromatic carbocycles. The second-order valence-corrected chi connectivity index (χ2v) is 4.14. The Hall–Kier alpha value is -1.54. The van der Waals surface area contributed by atoms with E-state index in [0.29, 0.717) is 12.1 Å². The fourth-order valence-corrected chi connectivity index (χ4v) is 2.05. The molecule has 1 fully saturated rings. The van der Waals surface area contributed by atoms with Crippen LogP contribution in [-0.2, 0) is 6.18 Å². The van der Waals surface area contributed by atoms with Gasteiger partial charge in [0.05, 0.1) is 17.2 Å². The van der Waals surface area contributed by atoms with Gasteiger partial charge < -0.3 is 5.32 Å². The van der Waals surface area contributed by atoms with Crippen LogP contribution in [0.4, 0.5) is 13.2 Å². The Balaban J connectivity index is 2.42. The number of nitrogens with one attached hydrogen (secondary N) is 1. The summed E-state index contributed by atoms with van der Waals surface area (Å²) >= 11 is 0. The van der Waals surface area contributed by atoms with Crippen LogP contribution in [0.25, 0.3) is 0 Å². The molecule has 1 aromatic rings. The van der Waals surface area contributed by atoms with Crippen molar-refractivity contribution < 1.29 is 13.2 Å². The Labute approximate surface area is 97.1 Å². The molecule has 0 radical (unpaired) electrons. The van der Waals surface area contributed by atoms with Crippen LogP contribution in [0.5, 0.6) is 0 Å². The second kappa shape index (κ2) is 4.38. The zero-order chi connectivity index (χ0) is 12.5. The molecule has 2 rings (SSSR count). The van der Waals surface area contributed by atoms with Crippen molar-refractivity contribution in [3.05, 3.63) is 34.9 Å². The Morgan fingerprint density at radius 3 is 2.59 bits per heavy atom. The molecule has 1 N–H and O–H groups in total. The van der Waals surface area contributed by atoms with Crippen molar-refractivity contribution >= 4 is 0 Å². The first-order valence-electron chi connectivity index (χ1n) is 5.33. The summed E-state index contributed by atoms with van der Waals surface area (Å²) in [5, 5.41) is 11.9. The molecular weight excluding hydrogens is 229 g/mol. The van der Waals surface area contributed by atoms with Gasteiger partial charge in [-0.3, -0.25) is 0 Å². The van der Waals surface area contributed by atoms with Crippen molar-refractivity contribution in [1.29, 1.82) is 5.26 Å². The van der Waals surface area contributed by atoms with E-state index in [1.54, 1.807) is 12.1 Å². The van der Waals surface area contributed by atoms with Crippen molar-refractivity contribution in [1.82, 2.24) is 5.32 Å². The maximum Gasteiger partial charge on any atom is 0.416 e. The smallest absolute Gasteiger partial charge is 0.316 e. The van der Waals surface area contributed by atoms with Gasteiger partial charge in [0, 0.05) is 6.54 Å². The van der Waals surface area contributed by atoms with Crippen LogP contribution in [0.15, 0.2) is 18.2 Å². The lowest BCUT2D eigenvalue weighted by molar-refractivity contribution is -0.137. The maximum absolute atomic E-state index is 12.6. The van der Waals surface area contributed by atoms with E-state index in [0.717, 1.165) is 25.1 Å². The molecule has 0 amide bonds. The largest absolute Gasteiger partial charge is 0.416 e. The molecule has 0 aliphatic carbocycles. The quantitative estimate of drug-likeness (QED) is 0.819. The molecular formula is C12H11F3N2. The van der Waals surface area contributed by atoms with E-state index in [2.05, 4.69) is 5.32 Å². The van der Waals surface area contributed by atoms with E-state index >= 15 is 0 Å². The van der Waals surface area contributed by atoms with Gasteiger partial charge >= 0.3 is 6.18 Å². The first kappa shape index (κ1) is 11.9. The van der Waals surface area contributed by atoms with E-state index in [-0.39, 0.29) is 11.5 Å². The number of hydrogen-bond donors (Lipinski definition) is 1. The summed E-state index contributed by atoms with van der Waals surface area (Å²) in [4.78, 5) is 0. The van der Waals surface area contributed by atoms with Crippen LogP contribution in [0.1, 0.15) is 29.0 Å². The minimum Gasteiger partial charge on any atom is -0.316 e. The number of benzene rings is 1. The minimum absolute atomic E-state index is 0.0710. The Morgan fingerprint density at radius 2 is 2.06 bits per heavy atom. The average Bonchev–Trinajstić information content (AvgIpc) is 2.80. The summed E-state index contributed by atoms with van der Waals surface area (Å²) in [6.45, 7) is 1.48. The topological polar surface area (TPSA) is 35.8 Å². The van der Waals surface area contributed by atoms with E-state index in [1.807, 2.05) is 0 Å². The van der Waals surface area contributed by atoms with Gasteiger partial charge in [0.15, 0.2) is 0 Å². The molecule has 1 atom stereocenters. The molecule has 17 heavy (non-hydrogen) atoms. The predicted octanol–water partition coefficient (Wildman–Crippen LogP) is 2.65. The highest BCUT2D eigenvalue weighted by atomic mass is 19.4. The van der Waals surface area contributed by atoms with Gasteiger partial charge in [0.1, 0.15) is 0 Å². The highest BCUT2D eigenvalue weighted by Gasteiger charge is 2.32. The van der Waals surface area contributed by atoms with Gasteiger partial charge in [-0.15, -0.1) is 0 Å². The van der Waals surface area contributed by atoms with Crippen LogP contribution >= 0.6 is 0 Å². The number of nitrogens with zero attached hydrogens (tertiary/aromatic N) is 1. The minimum atomic E-state index is -4.40. The Bertz CT molecular complexity index is 454.